The largest absolute Gasteiger partial charge is 0.462 e. The number of aryl methyl sites for hydroxylation is 1. The van der Waals surface area contributed by atoms with Crippen LogP contribution in [0.2, 0.25) is 0 Å². The summed E-state index contributed by atoms with van der Waals surface area (Å²) in [4.78, 5) is 17.9. The number of aliphatic hydroxyl groups is 7. The van der Waals surface area contributed by atoms with Crippen LogP contribution in [0.1, 0.15) is 110 Å². The van der Waals surface area contributed by atoms with Gasteiger partial charge in [0.05, 0.1) is 36.0 Å². The number of fused-ring (bicyclic) bond motifs is 3. The second-order valence-electron chi connectivity index (χ2n) is 21.4. The zero-order valence-electron chi connectivity index (χ0n) is 47.3. The number of nitrogens with zero attached hydrogens (tertiary/aromatic N) is 5. The monoisotopic (exact) mass is 1110 g/mol. The van der Waals surface area contributed by atoms with Crippen molar-refractivity contribution in [3.63, 3.8) is 0 Å². The first-order valence-corrected chi connectivity index (χ1v) is 28.6. The summed E-state index contributed by atoms with van der Waals surface area (Å²) in [5.74, 6) is 14.3. The Labute approximate surface area is 477 Å². The average Bonchev–Trinajstić information content (AvgIpc) is 3.78. The van der Waals surface area contributed by atoms with E-state index in [1.54, 1.807) is 36.4 Å². The molecule has 4 saturated heterocycles. The van der Waals surface area contributed by atoms with E-state index in [0.717, 1.165) is 104 Å². The molecule has 4 fully saturated rings. The molecule has 81 heavy (non-hydrogen) atoms. The van der Waals surface area contributed by atoms with Gasteiger partial charge in [-0.15, -0.1) is 0 Å². The Morgan fingerprint density at radius 2 is 0.864 bits per heavy atom. The zero-order chi connectivity index (χ0) is 57.4. The van der Waals surface area contributed by atoms with Crippen LogP contribution in [0.25, 0.3) is 0 Å². The van der Waals surface area contributed by atoms with Gasteiger partial charge in [0.2, 0.25) is 12.6 Å². The maximum Gasteiger partial charge on any atom is 0.229 e. The molecule has 17 heteroatoms. The highest BCUT2D eigenvalue weighted by Gasteiger charge is 2.56. The molecule has 4 aliphatic rings. The molecule has 5 aromatic rings. The Hall–Kier alpha value is -5.84. The standard InChI is InChI=1S/C64H81N5O12/c1-6-27-67(28-7-2)36-48-32-46(16-14-43-18-22-52(23-19-43)77-63-58(74)57(73)56(72)54(40-70)79-63)34-50(65-48)38-69(31-26-45-12-10-42(5)11-13-45)39-51-35-47(33-49(66-51)37-68(29-8-3)30-9-4)17-15-44-20-24-53(25-21-44)78-64-60(76)62-59(75)61(81-62)55(41-71)80-64/h10-13,18-25,32-35,54-64,70-76H,6-9,26-31,36-41H2,1-5H3. The minimum Gasteiger partial charge on any atom is -0.462 e. The molecular weight excluding hydrogens is 1030 g/mol. The van der Waals surface area contributed by atoms with E-state index < -0.39 is 80.7 Å². The minimum atomic E-state index is -1.55. The van der Waals surface area contributed by atoms with Crippen molar-refractivity contribution in [3.8, 4) is 35.2 Å². The summed E-state index contributed by atoms with van der Waals surface area (Å²) < 4.78 is 28.8. The van der Waals surface area contributed by atoms with Crippen LogP contribution < -0.4 is 9.47 Å². The number of aliphatic hydroxyl groups excluding tert-OH is 7. The van der Waals surface area contributed by atoms with E-state index in [9.17, 15) is 35.7 Å². The minimum absolute atomic E-state index is 0.351. The number of aromatic nitrogens is 2. The Morgan fingerprint density at radius 3 is 1.30 bits per heavy atom. The van der Waals surface area contributed by atoms with Crippen LogP contribution in [0.3, 0.4) is 0 Å². The molecule has 2 aromatic heterocycles. The predicted octanol–water partition coefficient (Wildman–Crippen LogP) is 4.84. The van der Waals surface area contributed by atoms with Crippen molar-refractivity contribution in [1.82, 2.24) is 24.7 Å². The van der Waals surface area contributed by atoms with Gasteiger partial charge in [-0.1, -0.05) is 81.2 Å². The highest BCUT2D eigenvalue weighted by atomic mass is 16.7. The lowest BCUT2D eigenvalue weighted by Crippen LogP contribution is -2.62. The Kier molecular flexibility index (Phi) is 22.6. The number of hydrogen-bond acceptors (Lipinski definition) is 17. The lowest BCUT2D eigenvalue weighted by molar-refractivity contribution is -0.277. The van der Waals surface area contributed by atoms with Crippen LogP contribution in [0.4, 0.5) is 0 Å². The van der Waals surface area contributed by atoms with Crippen molar-refractivity contribution in [3.05, 3.63) is 153 Å². The Bertz CT molecular complexity index is 2880. The quantitative estimate of drug-likeness (QED) is 0.0389. The number of rotatable bonds is 25. The zero-order valence-corrected chi connectivity index (χ0v) is 47.3. The maximum atomic E-state index is 10.9. The van der Waals surface area contributed by atoms with Crippen molar-refractivity contribution in [2.75, 3.05) is 45.9 Å². The van der Waals surface area contributed by atoms with Crippen LogP contribution in [0.5, 0.6) is 11.5 Å². The molecule has 11 atom stereocenters. The smallest absolute Gasteiger partial charge is 0.229 e. The summed E-state index contributed by atoms with van der Waals surface area (Å²) in [5, 5.41) is 71.8. The molecule has 0 radical (unpaired) electrons. The number of pyridine rings is 2. The number of benzene rings is 3. The highest BCUT2D eigenvalue weighted by Crippen LogP contribution is 2.35. The van der Waals surface area contributed by atoms with E-state index in [1.165, 1.54) is 11.1 Å². The van der Waals surface area contributed by atoms with Crippen molar-refractivity contribution in [2.45, 2.75) is 160 Å². The molecular formula is C64H81N5O12. The second kappa shape index (κ2) is 29.9. The van der Waals surface area contributed by atoms with Gasteiger partial charge in [0, 0.05) is 55.0 Å². The normalized spacial score (nSPS) is 24.2. The van der Waals surface area contributed by atoms with Crippen LogP contribution in [0.15, 0.2) is 97.1 Å². The molecule has 17 nitrogen and oxygen atoms in total. The fourth-order valence-electron chi connectivity index (χ4n) is 10.5. The molecule has 11 unspecified atom stereocenters. The van der Waals surface area contributed by atoms with Crippen LogP contribution >= 0.6 is 0 Å². The van der Waals surface area contributed by atoms with Gasteiger partial charge in [-0.3, -0.25) is 24.7 Å². The van der Waals surface area contributed by atoms with E-state index in [-0.39, 0.29) is 0 Å². The third-order valence-electron chi connectivity index (χ3n) is 14.6. The Balaban J connectivity index is 1.07. The van der Waals surface area contributed by atoms with Gasteiger partial charge < -0.3 is 59.4 Å². The summed E-state index contributed by atoms with van der Waals surface area (Å²) in [5.41, 5.74) is 9.20. The molecule has 6 heterocycles. The van der Waals surface area contributed by atoms with Gasteiger partial charge in [-0.05, 0) is 144 Å². The first-order valence-electron chi connectivity index (χ1n) is 28.6. The fourth-order valence-corrected chi connectivity index (χ4v) is 10.5. The van der Waals surface area contributed by atoms with Gasteiger partial charge in [0.15, 0.2) is 0 Å². The molecule has 9 rings (SSSR count). The molecule has 0 spiro atoms. The summed E-state index contributed by atoms with van der Waals surface area (Å²) in [7, 11) is 0. The Morgan fingerprint density at radius 1 is 0.444 bits per heavy atom. The lowest BCUT2D eigenvalue weighted by Gasteiger charge is -2.42. The second-order valence-corrected chi connectivity index (χ2v) is 21.4. The fraction of sp³-hybridized carbons (Fsp3) is 0.500. The molecule has 4 aliphatic heterocycles. The van der Waals surface area contributed by atoms with Crippen molar-refractivity contribution >= 4 is 0 Å². The van der Waals surface area contributed by atoms with E-state index in [4.69, 9.17) is 33.7 Å². The van der Waals surface area contributed by atoms with Gasteiger partial charge in [0.25, 0.3) is 0 Å². The SMILES string of the molecule is CCCN(CCC)Cc1cc(C#Cc2ccc(OC3OC(CO)C(O)C(O)C3O)cc2)cc(CN(CCc2ccc(C)cc2)Cc2cc(C#Cc3ccc(OC4OC(CO)C5OC(C4O)C5O)cc3)cc(CN(CCC)CCC)n2)n1. The number of ether oxygens (including phenoxy) is 5. The topological polar surface area (TPSA) is 223 Å². The highest BCUT2D eigenvalue weighted by molar-refractivity contribution is 5.47. The summed E-state index contributed by atoms with van der Waals surface area (Å²) in [6.45, 7) is 16.8. The third kappa shape index (κ3) is 16.9. The van der Waals surface area contributed by atoms with Crippen LogP contribution in [-0.4, -0.2) is 174 Å². The molecule has 0 amide bonds. The molecule has 0 aliphatic carbocycles. The van der Waals surface area contributed by atoms with Crippen LogP contribution in [-0.2, 0) is 46.8 Å². The van der Waals surface area contributed by atoms with Gasteiger partial charge in [-0.25, -0.2) is 0 Å². The van der Waals surface area contributed by atoms with Gasteiger partial charge in [0.1, 0.15) is 66.4 Å². The third-order valence-corrected chi connectivity index (χ3v) is 14.6. The molecule has 3 aromatic carbocycles. The van der Waals surface area contributed by atoms with Gasteiger partial charge >= 0.3 is 0 Å². The van der Waals surface area contributed by atoms with E-state index in [0.29, 0.717) is 43.2 Å². The first kappa shape index (κ1) is 61.2. The van der Waals surface area contributed by atoms with E-state index in [2.05, 4.69) is 122 Å². The van der Waals surface area contributed by atoms with E-state index >= 15 is 0 Å². The van der Waals surface area contributed by atoms with Crippen molar-refractivity contribution in [1.29, 1.82) is 0 Å². The van der Waals surface area contributed by atoms with Crippen molar-refractivity contribution < 1.29 is 59.4 Å². The summed E-state index contributed by atoms with van der Waals surface area (Å²) in [6.07, 6.45) is -7.87. The molecule has 7 N–H and O–H groups in total. The lowest BCUT2D eigenvalue weighted by atomic mass is 9.94. The number of hydrogen-bond donors (Lipinski definition) is 7. The average molecular weight is 1110 g/mol. The maximum absolute atomic E-state index is 10.9. The van der Waals surface area contributed by atoms with Gasteiger partial charge in [-0.2, -0.15) is 0 Å². The predicted molar refractivity (Wildman–Crippen MR) is 305 cm³/mol. The van der Waals surface area contributed by atoms with Crippen LogP contribution in [0, 0.1) is 30.6 Å². The molecule has 434 valence electrons. The first-order chi connectivity index (χ1) is 39.3. The van der Waals surface area contributed by atoms with E-state index in [1.807, 2.05) is 12.1 Å². The summed E-state index contributed by atoms with van der Waals surface area (Å²) in [6, 6.07) is 31.1. The summed E-state index contributed by atoms with van der Waals surface area (Å²) >= 11 is 0. The molecule has 0 saturated carbocycles. The van der Waals surface area contributed by atoms with Crippen molar-refractivity contribution in [2.24, 2.45) is 0 Å². The molecule has 2 bridgehead atoms.